The molecule has 3 aromatic rings. The molecule has 0 saturated carbocycles. The lowest BCUT2D eigenvalue weighted by Gasteiger charge is -2.13. The molecule has 0 aliphatic heterocycles. The predicted octanol–water partition coefficient (Wildman–Crippen LogP) is 4.84. The Labute approximate surface area is 167 Å². The molecule has 0 aromatic heterocycles. The SMILES string of the molecule is COc1cccc(COc2cc(OCc3ccccc3)ccc2OOC(=O)O)c1. The molecule has 0 saturated heterocycles. The Morgan fingerprint density at radius 2 is 1.55 bits per heavy atom. The zero-order chi connectivity index (χ0) is 20.5. The molecule has 3 rings (SSSR count). The van der Waals surface area contributed by atoms with E-state index in [1.165, 1.54) is 6.07 Å². The summed E-state index contributed by atoms with van der Waals surface area (Å²) in [5.41, 5.74) is 1.88. The molecule has 0 bridgehead atoms. The molecule has 150 valence electrons. The highest BCUT2D eigenvalue weighted by Crippen LogP contribution is 2.33. The van der Waals surface area contributed by atoms with Crippen LogP contribution in [0.4, 0.5) is 4.79 Å². The van der Waals surface area contributed by atoms with Gasteiger partial charge in [0, 0.05) is 6.07 Å². The van der Waals surface area contributed by atoms with E-state index in [4.69, 9.17) is 24.2 Å². The minimum Gasteiger partial charge on any atom is -0.497 e. The molecule has 0 heterocycles. The number of carboxylic acid groups (broad SMARTS) is 1. The number of rotatable bonds is 9. The van der Waals surface area contributed by atoms with E-state index in [0.717, 1.165) is 11.1 Å². The predicted molar refractivity (Wildman–Crippen MR) is 104 cm³/mol. The lowest BCUT2D eigenvalue weighted by Crippen LogP contribution is -2.06. The lowest BCUT2D eigenvalue weighted by molar-refractivity contribution is -0.162. The average molecular weight is 396 g/mol. The normalized spacial score (nSPS) is 10.1. The van der Waals surface area contributed by atoms with E-state index in [2.05, 4.69) is 4.89 Å². The fraction of sp³-hybridized carbons (Fsp3) is 0.136. The van der Waals surface area contributed by atoms with Crippen molar-refractivity contribution in [1.82, 2.24) is 0 Å². The van der Waals surface area contributed by atoms with Gasteiger partial charge >= 0.3 is 6.16 Å². The second kappa shape index (κ2) is 9.89. The number of hydrogen-bond acceptors (Lipinski definition) is 6. The van der Waals surface area contributed by atoms with Crippen molar-refractivity contribution < 1.29 is 33.9 Å². The number of ether oxygens (including phenoxy) is 3. The van der Waals surface area contributed by atoms with E-state index >= 15 is 0 Å². The summed E-state index contributed by atoms with van der Waals surface area (Å²) in [6.07, 6.45) is -1.56. The highest BCUT2D eigenvalue weighted by Gasteiger charge is 2.12. The quantitative estimate of drug-likeness (QED) is 0.409. The van der Waals surface area contributed by atoms with Crippen molar-refractivity contribution in [2.45, 2.75) is 13.2 Å². The van der Waals surface area contributed by atoms with Crippen LogP contribution in [0.25, 0.3) is 0 Å². The summed E-state index contributed by atoms with van der Waals surface area (Å²) in [5, 5.41) is 8.67. The van der Waals surface area contributed by atoms with E-state index in [9.17, 15) is 4.79 Å². The van der Waals surface area contributed by atoms with Gasteiger partial charge in [-0.3, -0.25) is 4.89 Å². The zero-order valence-electron chi connectivity index (χ0n) is 15.7. The molecule has 0 aliphatic rings. The summed E-state index contributed by atoms with van der Waals surface area (Å²) in [4.78, 5) is 19.7. The summed E-state index contributed by atoms with van der Waals surface area (Å²) in [5.74, 6) is 1.64. The van der Waals surface area contributed by atoms with Gasteiger partial charge in [-0.1, -0.05) is 42.5 Å². The number of benzene rings is 3. The highest BCUT2D eigenvalue weighted by molar-refractivity contribution is 5.56. The first-order chi connectivity index (χ1) is 14.1. The van der Waals surface area contributed by atoms with E-state index in [1.807, 2.05) is 54.6 Å². The van der Waals surface area contributed by atoms with Crippen molar-refractivity contribution in [3.05, 3.63) is 83.9 Å². The minimum atomic E-state index is -1.56. The van der Waals surface area contributed by atoms with Crippen LogP contribution in [0.15, 0.2) is 72.8 Å². The summed E-state index contributed by atoms with van der Waals surface area (Å²) in [6.45, 7) is 0.588. The molecule has 0 unspecified atom stereocenters. The van der Waals surface area contributed by atoms with Crippen LogP contribution in [0.5, 0.6) is 23.0 Å². The molecular formula is C22H20O7. The molecule has 3 aromatic carbocycles. The van der Waals surface area contributed by atoms with Crippen molar-refractivity contribution >= 4 is 6.16 Å². The first kappa shape index (κ1) is 19.9. The zero-order valence-corrected chi connectivity index (χ0v) is 15.7. The van der Waals surface area contributed by atoms with Crippen LogP contribution < -0.4 is 19.1 Å². The van der Waals surface area contributed by atoms with Crippen molar-refractivity contribution in [2.24, 2.45) is 0 Å². The van der Waals surface area contributed by atoms with Gasteiger partial charge in [-0.2, -0.15) is 0 Å². The molecule has 29 heavy (non-hydrogen) atoms. The van der Waals surface area contributed by atoms with Crippen LogP contribution in [0.3, 0.4) is 0 Å². The Morgan fingerprint density at radius 1 is 0.793 bits per heavy atom. The van der Waals surface area contributed by atoms with E-state index in [-0.39, 0.29) is 18.1 Å². The molecule has 7 heteroatoms. The topological polar surface area (TPSA) is 83.5 Å². The van der Waals surface area contributed by atoms with Gasteiger partial charge in [0.05, 0.1) is 7.11 Å². The van der Waals surface area contributed by atoms with Gasteiger partial charge in [-0.15, -0.1) is 0 Å². The Hall–Kier alpha value is -3.87. The van der Waals surface area contributed by atoms with E-state index in [1.54, 1.807) is 19.2 Å². The van der Waals surface area contributed by atoms with Crippen LogP contribution in [0.1, 0.15) is 11.1 Å². The maximum Gasteiger partial charge on any atom is 0.547 e. The Balaban J connectivity index is 1.73. The van der Waals surface area contributed by atoms with Crippen molar-refractivity contribution in [1.29, 1.82) is 0 Å². The number of carbonyl (C=O) groups is 1. The van der Waals surface area contributed by atoms with Gasteiger partial charge in [0.1, 0.15) is 24.7 Å². The fourth-order valence-corrected chi connectivity index (χ4v) is 2.50. The first-order valence-electron chi connectivity index (χ1n) is 8.78. The molecule has 0 aliphatic carbocycles. The molecule has 1 N–H and O–H groups in total. The van der Waals surface area contributed by atoms with Gasteiger partial charge in [-0.05, 0) is 35.4 Å². The van der Waals surface area contributed by atoms with Crippen molar-refractivity contribution in [3.8, 4) is 23.0 Å². The summed E-state index contributed by atoms with van der Waals surface area (Å²) < 4.78 is 16.8. The Kier molecular flexibility index (Phi) is 6.78. The molecule has 0 radical (unpaired) electrons. The molecule has 7 nitrogen and oxygen atoms in total. The van der Waals surface area contributed by atoms with Crippen LogP contribution in [0.2, 0.25) is 0 Å². The van der Waals surface area contributed by atoms with Gasteiger partial charge in [-0.25, -0.2) is 9.68 Å². The third kappa shape index (κ3) is 6.07. The molecule has 0 atom stereocenters. The van der Waals surface area contributed by atoms with Crippen LogP contribution in [-0.2, 0) is 18.1 Å². The van der Waals surface area contributed by atoms with E-state index < -0.39 is 6.16 Å². The van der Waals surface area contributed by atoms with Crippen LogP contribution >= 0.6 is 0 Å². The second-order valence-electron chi connectivity index (χ2n) is 5.96. The Bertz CT molecular complexity index is 941. The molecular weight excluding hydrogens is 376 g/mol. The second-order valence-corrected chi connectivity index (χ2v) is 5.96. The van der Waals surface area contributed by atoms with Crippen LogP contribution in [0, 0.1) is 0 Å². The summed E-state index contributed by atoms with van der Waals surface area (Å²) in [7, 11) is 1.59. The van der Waals surface area contributed by atoms with E-state index in [0.29, 0.717) is 18.1 Å². The molecule has 0 spiro atoms. The number of hydrogen-bond donors (Lipinski definition) is 1. The van der Waals surface area contributed by atoms with Gasteiger partial charge < -0.3 is 19.3 Å². The highest BCUT2D eigenvalue weighted by atomic mass is 17.2. The standard InChI is InChI=1S/C22H20O7/c1-25-18-9-5-8-17(12-18)15-27-21-13-19(10-11-20(21)28-29-22(23)24)26-14-16-6-3-2-4-7-16/h2-13H,14-15H2,1H3,(H,23,24). The van der Waals surface area contributed by atoms with Gasteiger partial charge in [0.15, 0.2) is 5.75 Å². The van der Waals surface area contributed by atoms with Gasteiger partial charge in [0.2, 0.25) is 5.75 Å². The monoisotopic (exact) mass is 396 g/mol. The van der Waals surface area contributed by atoms with Gasteiger partial charge in [0.25, 0.3) is 0 Å². The number of methoxy groups -OCH3 is 1. The van der Waals surface area contributed by atoms with Crippen molar-refractivity contribution in [3.63, 3.8) is 0 Å². The molecule has 0 fully saturated rings. The maximum absolute atomic E-state index is 10.6. The molecule has 0 amide bonds. The first-order valence-corrected chi connectivity index (χ1v) is 8.78. The Morgan fingerprint density at radius 3 is 2.31 bits per heavy atom. The third-order valence-electron chi connectivity index (χ3n) is 3.89. The summed E-state index contributed by atoms with van der Waals surface area (Å²) in [6, 6.07) is 21.9. The fourth-order valence-electron chi connectivity index (χ4n) is 2.50. The van der Waals surface area contributed by atoms with Crippen molar-refractivity contribution in [2.75, 3.05) is 7.11 Å². The largest absolute Gasteiger partial charge is 0.547 e. The average Bonchev–Trinajstić information content (AvgIpc) is 2.76. The maximum atomic E-state index is 10.6. The summed E-state index contributed by atoms with van der Waals surface area (Å²) >= 11 is 0. The van der Waals surface area contributed by atoms with Crippen LogP contribution in [-0.4, -0.2) is 18.4 Å². The minimum absolute atomic E-state index is 0.113. The lowest BCUT2D eigenvalue weighted by atomic mass is 10.2. The smallest absolute Gasteiger partial charge is 0.497 e. The third-order valence-corrected chi connectivity index (χ3v) is 3.89.